The van der Waals surface area contributed by atoms with E-state index in [1.54, 1.807) is 6.20 Å². The van der Waals surface area contributed by atoms with Gasteiger partial charge in [-0.15, -0.1) is 12.4 Å². The van der Waals surface area contributed by atoms with Crippen molar-refractivity contribution in [3.8, 4) is 0 Å². The van der Waals surface area contributed by atoms with Gasteiger partial charge >= 0.3 is 0 Å². The molecule has 0 radical (unpaired) electrons. The highest BCUT2D eigenvalue weighted by atomic mass is 35.5. The molecule has 108 valence electrons. The molecule has 0 aliphatic carbocycles. The van der Waals surface area contributed by atoms with Crippen LogP contribution in [0.5, 0.6) is 0 Å². The maximum Gasteiger partial charge on any atom is 0.239 e. The zero-order valence-electron chi connectivity index (χ0n) is 11.3. The highest BCUT2D eigenvalue weighted by Crippen LogP contribution is 2.26. The normalized spacial score (nSPS) is 17.9. The van der Waals surface area contributed by atoms with Crippen LogP contribution in [0.25, 0.3) is 0 Å². The smallest absolute Gasteiger partial charge is 0.239 e. The van der Waals surface area contributed by atoms with Gasteiger partial charge in [0, 0.05) is 30.9 Å². The maximum absolute atomic E-state index is 12.1. The molecule has 19 heavy (non-hydrogen) atoms. The minimum Gasteiger partial charge on any atom is -0.341 e. The zero-order chi connectivity index (χ0) is 13.0. The fourth-order valence-corrected chi connectivity index (χ4v) is 2.57. The Morgan fingerprint density at radius 1 is 1.58 bits per heavy atom. The molecule has 1 fully saturated rings. The summed E-state index contributed by atoms with van der Waals surface area (Å²) < 4.78 is 0. The van der Waals surface area contributed by atoms with Crippen molar-refractivity contribution in [3.63, 3.8) is 0 Å². The standard InChI is InChI=1S/C13H22N4O.ClH/c1-2-3-11(14)13(18)17-8-5-10(6-9-17)12-4-7-15-16-12;/h4,7,10-11H,2-3,5-6,8-9,14H2,1H3,(H,15,16);1H. The highest BCUT2D eigenvalue weighted by molar-refractivity contribution is 5.85. The number of aromatic nitrogens is 2. The van der Waals surface area contributed by atoms with E-state index >= 15 is 0 Å². The second-order valence-electron chi connectivity index (χ2n) is 5.01. The van der Waals surface area contributed by atoms with Gasteiger partial charge in [0.05, 0.1) is 6.04 Å². The van der Waals surface area contributed by atoms with Gasteiger partial charge in [-0.3, -0.25) is 9.89 Å². The van der Waals surface area contributed by atoms with E-state index in [2.05, 4.69) is 17.1 Å². The number of carbonyl (C=O) groups excluding carboxylic acids is 1. The molecule has 2 rings (SSSR count). The van der Waals surface area contributed by atoms with E-state index in [-0.39, 0.29) is 24.4 Å². The van der Waals surface area contributed by atoms with E-state index in [4.69, 9.17) is 5.73 Å². The summed E-state index contributed by atoms with van der Waals surface area (Å²) in [6.45, 7) is 3.66. The van der Waals surface area contributed by atoms with Gasteiger partial charge in [0.25, 0.3) is 0 Å². The minimum absolute atomic E-state index is 0. The van der Waals surface area contributed by atoms with Crippen molar-refractivity contribution in [2.45, 2.75) is 44.6 Å². The molecule has 1 amide bonds. The molecule has 1 aliphatic rings. The number of H-pyrrole nitrogens is 1. The number of hydrogen-bond donors (Lipinski definition) is 2. The molecule has 1 aromatic rings. The number of nitrogens with one attached hydrogen (secondary N) is 1. The third kappa shape index (κ3) is 3.94. The second kappa shape index (κ2) is 7.50. The molecule has 6 heteroatoms. The first-order valence-corrected chi connectivity index (χ1v) is 6.76. The maximum atomic E-state index is 12.1. The summed E-state index contributed by atoms with van der Waals surface area (Å²) in [6, 6.07) is 1.70. The van der Waals surface area contributed by atoms with Crippen LogP contribution in [0.3, 0.4) is 0 Å². The number of halogens is 1. The molecule has 1 unspecified atom stereocenters. The number of piperidine rings is 1. The number of rotatable bonds is 4. The second-order valence-corrected chi connectivity index (χ2v) is 5.01. The first-order chi connectivity index (χ1) is 8.72. The van der Waals surface area contributed by atoms with Gasteiger partial charge < -0.3 is 10.6 Å². The summed E-state index contributed by atoms with van der Waals surface area (Å²) in [5.41, 5.74) is 7.06. The van der Waals surface area contributed by atoms with Crippen molar-refractivity contribution in [3.05, 3.63) is 18.0 Å². The third-order valence-electron chi connectivity index (χ3n) is 3.69. The fourth-order valence-electron chi connectivity index (χ4n) is 2.57. The predicted octanol–water partition coefficient (Wildman–Crippen LogP) is 1.66. The third-order valence-corrected chi connectivity index (χ3v) is 3.69. The molecular formula is C13H23ClN4O. The monoisotopic (exact) mass is 286 g/mol. The lowest BCUT2D eigenvalue weighted by Crippen LogP contribution is -2.46. The fraction of sp³-hybridized carbons (Fsp3) is 0.692. The molecule has 1 atom stereocenters. The number of amides is 1. The van der Waals surface area contributed by atoms with E-state index < -0.39 is 0 Å². The topological polar surface area (TPSA) is 75.0 Å². The van der Waals surface area contributed by atoms with Crippen LogP contribution in [-0.2, 0) is 4.79 Å². The van der Waals surface area contributed by atoms with Gasteiger partial charge in [0.15, 0.2) is 0 Å². The van der Waals surface area contributed by atoms with Crippen molar-refractivity contribution < 1.29 is 4.79 Å². The van der Waals surface area contributed by atoms with Crippen LogP contribution in [0.1, 0.15) is 44.2 Å². The Bertz CT molecular complexity index is 374. The van der Waals surface area contributed by atoms with Crippen LogP contribution in [0.4, 0.5) is 0 Å². The predicted molar refractivity (Wildman–Crippen MR) is 77.3 cm³/mol. The van der Waals surface area contributed by atoms with Crippen LogP contribution < -0.4 is 5.73 Å². The lowest BCUT2D eigenvalue weighted by Gasteiger charge is -2.33. The zero-order valence-corrected chi connectivity index (χ0v) is 12.2. The Labute approximate surface area is 120 Å². The van der Waals surface area contributed by atoms with Gasteiger partial charge in [0.1, 0.15) is 0 Å². The molecular weight excluding hydrogens is 264 g/mol. The number of aromatic amines is 1. The van der Waals surface area contributed by atoms with Gasteiger partial charge in [-0.1, -0.05) is 13.3 Å². The SMILES string of the molecule is CCCC(N)C(=O)N1CCC(c2ccn[nH]2)CC1.Cl. The summed E-state index contributed by atoms with van der Waals surface area (Å²) in [5.74, 6) is 0.610. The molecule has 3 N–H and O–H groups in total. The van der Waals surface area contributed by atoms with E-state index in [0.717, 1.165) is 38.8 Å². The van der Waals surface area contributed by atoms with Gasteiger partial charge in [-0.25, -0.2) is 0 Å². The largest absolute Gasteiger partial charge is 0.341 e. The van der Waals surface area contributed by atoms with Crippen LogP contribution >= 0.6 is 12.4 Å². The van der Waals surface area contributed by atoms with Crippen LogP contribution in [0, 0.1) is 0 Å². The van der Waals surface area contributed by atoms with E-state index in [1.807, 2.05) is 11.0 Å². The summed E-state index contributed by atoms with van der Waals surface area (Å²) in [7, 11) is 0. The van der Waals surface area contributed by atoms with Crippen molar-refractivity contribution in [1.29, 1.82) is 0 Å². The van der Waals surface area contributed by atoms with Crippen molar-refractivity contribution >= 4 is 18.3 Å². The number of likely N-dealkylation sites (tertiary alicyclic amines) is 1. The molecule has 0 saturated carbocycles. The van der Waals surface area contributed by atoms with Crippen LogP contribution in [0.2, 0.25) is 0 Å². The average molecular weight is 287 g/mol. The van der Waals surface area contributed by atoms with Crippen LogP contribution in [0.15, 0.2) is 12.3 Å². The summed E-state index contributed by atoms with van der Waals surface area (Å²) in [6.07, 6.45) is 5.50. The summed E-state index contributed by atoms with van der Waals surface area (Å²) in [4.78, 5) is 14.0. The Hall–Kier alpha value is -1.07. The molecule has 0 aromatic carbocycles. The molecule has 5 nitrogen and oxygen atoms in total. The molecule has 2 heterocycles. The minimum atomic E-state index is -0.321. The summed E-state index contributed by atoms with van der Waals surface area (Å²) in [5, 5.41) is 6.99. The quantitative estimate of drug-likeness (QED) is 0.884. The van der Waals surface area contributed by atoms with Crippen LogP contribution in [-0.4, -0.2) is 40.1 Å². The van der Waals surface area contributed by atoms with E-state index in [9.17, 15) is 4.79 Å². The van der Waals surface area contributed by atoms with E-state index in [0.29, 0.717) is 5.92 Å². The number of nitrogens with zero attached hydrogens (tertiary/aromatic N) is 2. The molecule has 1 saturated heterocycles. The number of carbonyl (C=O) groups is 1. The number of nitrogens with two attached hydrogens (primary N) is 1. The first kappa shape index (κ1) is 16.0. The van der Waals surface area contributed by atoms with Gasteiger partial charge in [0.2, 0.25) is 5.91 Å². The van der Waals surface area contributed by atoms with Gasteiger partial charge in [-0.2, -0.15) is 5.10 Å². The lowest BCUT2D eigenvalue weighted by molar-refractivity contribution is -0.133. The van der Waals surface area contributed by atoms with Crippen molar-refractivity contribution in [1.82, 2.24) is 15.1 Å². The Balaban J connectivity index is 0.00000180. The highest BCUT2D eigenvalue weighted by Gasteiger charge is 2.26. The molecule has 0 bridgehead atoms. The van der Waals surface area contributed by atoms with Gasteiger partial charge in [-0.05, 0) is 25.3 Å². The molecule has 0 spiro atoms. The average Bonchev–Trinajstić information content (AvgIpc) is 2.92. The molecule has 1 aromatic heterocycles. The van der Waals surface area contributed by atoms with Crippen molar-refractivity contribution in [2.75, 3.05) is 13.1 Å². The number of hydrogen-bond acceptors (Lipinski definition) is 3. The summed E-state index contributed by atoms with van der Waals surface area (Å²) >= 11 is 0. The Kier molecular flexibility index (Phi) is 6.31. The van der Waals surface area contributed by atoms with Crippen molar-refractivity contribution in [2.24, 2.45) is 5.73 Å². The van der Waals surface area contributed by atoms with E-state index in [1.165, 1.54) is 5.69 Å². The lowest BCUT2D eigenvalue weighted by atomic mass is 9.93. The Morgan fingerprint density at radius 3 is 2.79 bits per heavy atom. The molecule has 1 aliphatic heterocycles. The Morgan fingerprint density at radius 2 is 2.26 bits per heavy atom. The first-order valence-electron chi connectivity index (χ1n) is 6.76.